The number of halogens is 2. The quantitative estimate of drug-likeness (QED) is 0.232. The second-order valence-corrected chi connectivity index (χ2v) is 9.05. The van der Waals surface area contributed by atoms with Crippen molar-refractivity contribution in [3.05, 3.63) is 53.1 Å². The van der Waals surface area contributed by atoms with Gasteiger partial charge in [0.15, 0.2) is 0 Å². The van der Waals surface area contributed by atoms with Crippen molar-refractivity contribution in [1.82, 2.24) is 4.90 Å². The van der Waals surface area contributed by atoms with Crippen LogP contribution in [0.25, 0.3) is 0 Å². The largest absolute Gasteiger partial charge is 0.277 e. The number of anilines is 1. The summed E-state index contributed by atoms with van der Waals surface area (Å²) in [6.45, 7) is 1.95. The van der Waals surface area contributed by atoms with E-state index in [9.17, 15) is 9.59 Å². The van der Waals surface area contributed by atoms with E-state index in [2.05, 4.69) is 56.0 Å². The molecule has 0 bridgehead atoms. The molecule has 1 aliphatic heterocycles. The Hall–Kier alpha value is -1.56. The number of amides is 2. The Labute approximate surface area is 166 Å². The highest BCUT2D eigenvalue weighted by Gasteiger charge is 2.34. The molecule has 0 N–H and O–H groups in total. The third-order valence-electron chi connectivity index (χ3n) is 3.74. The van der Waals surface area contributed by atoms with Crippen LogP contribution >= 0.6 is 45.7 Å². The summed E-state index contributed by atoms with van der Waals surface area (Å²) in [6, 6.07) is 10.9. The van der Waals surface area contributed by atoms with E-state index in [4.69, 9.17) is 0 Å². The number of fused-ring (bicyclic) bond motifs is 1. The van der Waals surface area contributed by atoms with Gasteiger partial charge in [-0.3, -0.25) is 15.8 Å². The molecule has 0 atom stereocenters. The second kappa shape index (κ2) is 6.75. The fourth-order valence-corrected chi connectivity index (χ4v) is 3.03. The minimum absolute atomic E-state index is 0.309. The molecule has 3 rings (SSSR count). The Balaban J connectivity index is 1.98. The number of nitrogens with zero attached hydrogens (tertiary/aromatic N) is 4. The highest BCUT2D eigenvalue weighted by molar-refractivity contribution is 14.2. The zero-order valence-corrected chi connectivity index (χ0v) is 17.1. The lowest BCUT2D eigenvalue weighted by molar-refractivity contribution is 0.0693. The summed E-state index contributed by atoms with van der Waals surface area (Å²) in [5.41, 5.74) is 3.83. The maximum Gasteiger partial charge on any atom is 0.263 e. The average Bonchev–Trinajstić information content (AvgIpc) is 2.78. The fourth-order valence-electron chi connectivity index (χ4n) is 2.43. The van der Waals surface area contributed by atoms with Gasteiger partial charge in [-0.15, -0.1) is 5.11 Å². The van der Waals surface area contributed by atoms with E-state index >= 15 is 0 Å². The highest BCUT2D eigenvalue weighted by atomic mass is 127. The monoisotopic (exact) mass is 546 g/mol. The summed E-state index contributed by atoms with van der Waals surface area (Å²) in [6.07, 6.45) is 0. The molecule has 2 aromatic rings. The van der Waals surface area contributed by atoms with E-state index in [1.807, 2.05) is 26.4 Å². The number of imide groups is 1. The van der Waals surface area contributed by atoms with Gasteiger partial charge in [0.25, 0.3) is 11.8 Å². The molecule has 0 spiro atoms. The van der Waals surface area contributed by atoms with Crippen LogP contribution in [0.3, 0.4) is 0 Å². The number of hydrogen-bond donors (Lipinski definition) is 0. The SMILES string of the molecule is Cc1cc(N(I)I)ccc1N=Nc1cccc2c1C(=O)N(C)C2=O. The first-order chi connectivity index (χ1) is 11.4. The molecule has 2 amide bonds. The van der Waals surface area contributed by atoms with Crippen LogP contribution in [0, 0.1) is 6.92 Å². The van der Waals surface area contributed by atoms with Crippen molar-refractivity contribution in [2.75, 3.05) is 8.37 Å². The van der Waals surface area contributed by atoms with Crippen molar-refractivity contribution >= 4 is 74.6 Å². The van der Waals surface area contributed by atoms with E-state index in [0.29, 0.717) is 16.8 Å². The number of carbonyl (C=O) groups excluding carboxylic acids is 2. The van der Waals surface area contributed by atoms with E-state index in [-0.39, 0.29) is 11.8 Å². The lowest BCUT2D eigenvalue weighted by Gasteiger charge is -2.08. The average molecular weight is 546 g/mol. The van der Waals surface area contributed by atoms with Crippen LogP contribution in [0.5, 0.6) is 0 Å². The molecule has 0 aliphatic carbocycles. The molecule has 0 radical (unpaired) electrons. The topological polar surface area (TPSA) is 65.3 Å². The Morgan fingerprint density at radius 1 is 1.00 bits per heavy atom. The standard InChI is InChI=1S/C16H12I2N4O2/c1-9-8-10(22(17)18)6-7-12(9)19-20-13-5-3-4-11-14(13)16(24)21(2)15(11)23/h3-8H,1-2H3. The third kappa shape index (κ3) is 3.04. The smallest absolute Gasteiger partial charge is 0.263 e. The number of aryl methyl sites for hydroxylation is 1. The predicted octanol–water partition coefficient (Wildman–Crippen LogP) is 5.14. The molecule has 1 aliphatic rings. The molecule has 0 saturated heterocycles. The Morgan fingerprint density at radius 2 is 1.71 bits per heavy atom. The van der Waals surface area contributed by atoms with Crippen molar-refractivity contribution in [1.29, 1.82) is 0 Å². The molecular weight excluding hydrogens is 534 g/mol. The lowest BCUT2D eigenvalue weighted by Crippen LogP contribution is -2.24. The zero-order chi connectivity index (χ0) is 17.4. The van der Waals surface area contributed by atoms with E-state index in [1.54, 1.807) is 18.2 Å². The molecule has 122 valence electrons. The van der Waals surface area contributed by atoms with Gasteiger partial charge in [-0.25, -0.2) is 0 Å². The van der Waals surface area contributed by atoms with Crippen LogP contribution < -0.4 is 1.33 Å². The van der Waals surface area contributed by atoms with Crippen LogP contribution in [-0.2, 0) is 0 Å². The van der Waals surface area contributed by atoms with Gasteiger partial charge in [-0.05, 0) is 42.8 Å². The van der Waals surface area contributed by atoms with Crippen LogP contribution in [0.1, 0.15) is 26.3 Å². The Bertz CT molecular complexity index is 880. The summed E-state index contributed by atoms with van der Waals surface area (Å²) in [4.78, 5) is 25.3. The van der Waals surface area contributed by atoms with Crippen LogP contribution in [-0.4, -0.2) is 23.8 Å². The Kier molecular flexibility index (Phi) is 4.85. The summed E-state index contributed by atoms with van der Waals surface area (Å²) < 4.78 is 1.95. The number of azo groups is 1. The summed E-state index contributed by atoms with van der Waals surface area (Å²) in [5, 5.41) is 8.47. The molecule has 0 saturated carbocycles. The van der Waals surface area contributed by atoms with Gasteiger partial charge in [0.1, 0.15) is 0 Å². The summed E-state index contributed by atoms with van der Waals surface area (Å²) >= 11 is 4.37. The van der Waals surface area contributed by atoms with Gasteiger partial charge in [0, 0.05) is 7.05 Å². The molecule has 2 aromatic carbocycles. The fraction of sp³-hybridized carbons (Fsp3) is 0.125. The molecular formula is C16H12I2N4O2. The first kappa shape index (κ1) is 17.3. The van der Waals surface area contributed by atoms with Crippen LogP contribution in [0.15, 0.2) is 46.6 Å². The third-order valence-corrected chi connectivity index (χ3v) is 4.85. The van der Waals surface area contributed by atoms with Gasteiger partial charge in [-0.1, -0.05) is 6.07 Å². The first-order valence-corrected chi connectivity index (χ1v) is 8.92. The molecule has 0 aromatic heterocycles. The summed E-state index contributed by atoms with van der Waals surface area (Å²) in [7, 11) is 1.47. The van der Waals surface area contributed by atoms with Gasteiger partial charge in [0.2, 0.25) is 0 Å². The highest BCUT2D eigenvalue weighted by Crippen LogP contribution is 2.33. The number of carbonyl (C=O) groups is 2. The van der Waals surface area contributed by atoms with Crippen LogP contribution in [0.4, 0.5) is 17.1 Å². The van der Waals surface area contributed by atoms with Crippen molar-refractivity contribution < 1.29 is 9.59 Å². The second-order valence-electron chi connectivity index (χ2n) is 5.27. The summed E-state index contributed by atoms with van der Waals surface area (Å²) in [5.74, 6) is -0.654. The number of rotatable bonds is 3. The van der Waals surface area contributed by atoms with Crippen molar-refractivity contribution in [3.63, 3.8) is 0 Å². The van der Waals surface area contributed by atoms with Crippen molar-refractivity contribution in [3.8, 4) is 0 Å². The van der Waals surface area contributed by atoms with Gasteiger partial charge >= 0.3 is 0 Å². The molecule has 8 heteroatoms. The number of benzene rings is 2. The van der Waals surface area contributed by atoms with E-state index < -0.39 is 0 Å². The van der Waals surface area contributed by atoms with E-state index in [1.165, 1.54) is 7.05 Å². The first-order valence-electron chi connectivity index (χ1n) is 6.99. The molecule has 6 nitrogen and oxygen atoms in total. The minimum atomic E-state index is -0.345. The maximum atomic E-state index is 12.2. The van der Waals surface area contributed by atoms with E-state index in [0.717, 1.165) is 21.8 Å². The normalized spacial score (nSPS) is 13.8. The zero-order valence-electron chi connectivity index (χ0n) is 12.8. The molecule has 1 heterocycles. The molecule has 0 fully saturated rings. The van der Waals surface area contributed by atoms with Crippen molar-refractivity contribution in [2.45, 2.75) is 6.92 Å². The van der Waals surface area contributed by atoms with Crippen LogP contribution in [0.2, 0.25) is 0 Å². The maximum absolute atomic E-state index is 12.2. The van der Waals surface area contributed by atoms with Gasteiger partial charge < -0.3 is 0 Å². The van der Waals surface area contributed by atoms with Crippen molar-refractivity contribution in [2.24, 2.45) is 10.2 Å². The Morgan fingerprint density at radius 3 is 2.38 bits per heavy atom. The van der Waals surface area contributed by atoms with Gasteiger partial charge in [-0.2, -0.15) is 5.11 Å². The number of hydrogen-bond acceptors (Lipinski definition) is 5. The molecule has 24 heavy (non-hydrogen) atoms. The molecule has 0 unspecified atom stereocenters. The minimum Gasteiger partial charge on any atom is -0.277 e. The van der Waals surface area contributed by atoms with Gasteiger partial charge in [0.05, 0.1) is 73.9 Å². The lowest BCUT2D eigenvalue weighted by atomic mass is 10.1. The predicted molar refractivity (Wildman–Crippen MR) is 109 cm³/mol.